The maximum absolute atomic E-state index is 12.3. The molecule has 2 aliphatic heterocycles. The molecule has 0 spiro atoms. The maximum Gasteiger partial charge on any atom is 0.321 e. The number of carbonyl (C=O) groups excluding carboxylic acids is 2. The van der Waals surface area contributed by atoms with Gasteiger partial charge in [0.1, 0.15) is 6.10 Å². The van der Waals surface area contributed by atoms with Crippen LogP contribution in [0.3, 0.4) is 0 Å². The molecular formula is C16H20N4O5. The second kappa shape index (κ2) is 7.47. The Balaban J connectivity index is 1.52. The third kappa shape index (κ3) is 4.05. The fraction of sp³-hybridized carbons (Fsp3) is 0.500. The molecule has 9 nitrogen and oxygen atoms in total. The number of amides is 3. The van der Waals surface area contributed by atoms with Gasteiger partial charge in [-0.15, -0.1) is 0 Å². The van der Waals surface area contributed by atoms with E-state index in [4.69, 9.17) is 4.74 Å². The van der Waals surface area contributed by atoms with Crippen molar-refractivity contribution < 1.29 is 19.2 Å². The summed E-state index contributed by atoms with van der Waals surface area (Å²) in [5.74, 6) is -0.00348. The number of hydrogen-bond donors (Lipinski definition) is 1. The lowest BCUT2D eigenvalue weighted by Gasteiger charge is -2.35. The number of nitro groups is 1. The van der Waals surface area contributed by atoms with Gasteiger partial charge in [0.15, 0.2) is 0 Å². The molecule has 3 amide bonds. The van der Waals surface area contributed by atoms with Crippen molar-refractivity contribution in [3.8, 4) is 0 Å². The standard InChI is InChI=1S/C16H20N4O5/c21-15(14-5-2-10-25-14)18-6-8-19(9-7-18)16(22)17-12-3-1-4-13(11-12)20(23)24/h1,3-4,11,14H,2,5-10H2,(H,17,22)/t14-/m0/s1. The molecule has 0 aliphatic carbocycles. The minimum Gasteiger partial charge on any atom is -0.368 e. The third-order valence-corrected chi connectivity index (χ3v) is 4.39. The summed E-state index contributed by atoms with van der Waals surface area (Å²) in [5, 5.41) is 13.4. The van der Waals surface area contributed by atoms with E-state index < -0.39 is 4.92 Å². The molecule has 25 heavy (non-hydrogen) atoms. The summed E-state index contributed by atoms with van der Waals surface area (Å²) in [6, 6.07) is 5.47. The Morgan fingerprint density at radius 3 is 2.56 bits per heavy atom. The van der Waals surface area contributed by atoms with Crippen LogP contribution in [-0.4, -0.2) is 65.6 Å². The molecule has 3 rings (SSSR count). The van der Waals surface area contributed by atoms with Crippen LogP contribution in [0.25, 0.3) is 0 Å². The number of nitrogens with zero attached hydrogens (tertiary/aromatic N) is 3. The lowest BCUT2D eigenvalue weighted by molar-refractivity contribution is -0.384. The van der Waals surface area contributed by atoms with Gasteiger partial charge < -0.3 is 19.9 Å². The van der Waals surface area contributed by atoms with E-state index in [0.717, 1.165) is 12.8 Å². The molecular weight excluding hydrogens is 328 g/mol. The lowest BCUT2D eigenvalue weighted by atomic mass is 10.2. The van der Waals surface area contributed by atoms with Crippen LogP contribution in [0, 0.1) is 10.1 Å². The van der Waals surface area contributed by atoms with Gasteiger partial charge in [-0.1, -0.05) is 6.07 Å². The second-order valence-electron chi connectivity index (χ2n) is 6.05. The van der Waals surface area contributed by atoms with Crippen LogP contribution in [0.1, 0.15) is 12.8 Å². The van der Waals surface area contributed by atoms with Crippen molar-refractivity contribution in [2.45, 2.75) is 18.9 Å². The molecule has 2 heterocycles. The highest BCUT2D eigenvalue weighted by Crippen LogP contribution is 2.19. The molecule has 1 aromatic rings. The number of rotatable bonds is 3. The molecule has 2 fully saturated rings. The average molecular weight is 348 g/mol. The van der Waals surface area contributed by atoms with Crippen molar-refractivity contribution in [1.29, 1.82) is 0 Å². The number of nitro benzene ring substituents is 1. The Labute approximate surface area is 144 Å². The van der Waals surface area contributed by atoms with Crippen molar-refractivity contribution in [2.75, 3.05) is 38.1 Å². The van der Waals surface area contributed by atoms with Crippen molar-refractivity contribution in [3.05, 3.63) is 34.4 Å². The molecule has 9 heteroatoms. The number of non-ortho nitro benzene ring substituents is 1. The van der Waals surface area contributed by atoms with Crippen molar-refractivity contribution >= 4 is 23.3 Å². The quantitative estimate of drug-likeness (QED) is 0.657. The second-order valence-corrected chi connectivity index (χ2v) is 6.05. The smallest absolute Gasteiger partial charge is 0.321 e. The molecule has 0 aromatic heterocycles. The first-order valence-corrected chi connectivity index (χ1v) is 8.25. The summed E-state index contributed by atoms with van der Waals surface area (Å²) in [5.41, 5.74) is 0.293. The lowest BCUT2D eigenvalue weighted by Crippen LogP contribution is -2.53. The average Bonchev–Trinajstić information content (AvgIpc) is 3.16. The fourth-order valence-electron chi connectivity index (χ4n) is 3.01. The Bertz CT molecular complexity index is 666. The van der Waals surface area contributed by atoms with Gasteiger partial charge in [-0.05, 0) is 18.9 Å². The summed E-state index contributed by atoms with van der Waals surface area (Å²) < 4.78 is 5.41. The van der Waals surface area contributed by atoms with Crippen molar-refractivity contribution in [3.63, 3.8) is 0 Å². The van der Waals surface area contributed by atoms with Crippen molar-refractivity contribution in [1.82, 2.24) is 9.80 Å². The molecule has 1 N–H and O–H groups in total. The highest BCUT2D eigenvalue weighted by molar-refractivity contribution is 5.90. The van der Waals surface area contributed by atoms with Crippen LogP contribution in [0.5, 0.6) is 0 Å². The molecule has 134 valence electrons. The Morgan fingerprint density at radius 1 is 1.20 bits per heavy atom. The number of carbonyl (C=O) groups is 2. The van der Waals surface area contributed by atoms with E-state index in [9.17, 15) is 19.7 Å². The van der Waals surface area contributed by atoms with Gasteiger partial charge in [0.25, 0.3) is 11.6 Å². The van der Waals surface area contributed by atoms with E-state index in [1.807, 2.05) is 0 Å². The number of nitrogens with one attached hydrogen (secondary N) is 1. The maximum atomic E-state index is 12.3. The van der Waals surface area contributed by atoms with Crippen LogP contribution in [-0.2, 0) is 9.53 Å². The molecule has 0 unspecified atom stereocenters. The molecule has 0 saturated carbocycles. The predicted octanol–water partition coefficient (Wildman–Crippen LogP) is 1.45. The van der Waals surface area contributed by atoms with Crippen LogP contribution in [0.15, 0.2) is 24.3 Å². The number of ether oxygens (including phenoxy) is 1. The minimum absolute atomic E-state index is 0.00348. The van der Waals surface area contributed by atoms with E-state index in [1.54, 1.807) is 15.9 Å². The van der Waals surface area contributed by atoms with E-state index in [0.29, 0.717) is 38.5 Å². The van der Waals surface area contributed by atoms with Gasteiger partial charge in [-0.3, -0.25) is 14.9 Å². The van der Waals surface area contributed by atoms with E-state index >= 15 is 0 Å². The summed E-state index contributed by atoms with van der Waals surface area (Å²) in [6.07, 6.45) is 1.32. The fourth-order valence-corrected chi connectivity index (χ4v) is 3.01. The van der Waals surface area contributed by atoms with Gasteiger partial charge in [0.05, 0.1) is 4.92 Å². The van der Waals surface area contributed by atoms with E-state index in [-0.39, 0.29) is 23.7 Å². The summed E-state index contributed by atoms with van der Waals surface area (Å²) >= 11 is 0. The van der Waals surface area contributed by atoms with Gasteiger partial charge >= 0.3 is 6.03 Å². The largest absolute Gasteiger partial charge is 0.368 e. The van der Waals surface area contributed by atoms with E-state index in [2.05, 4.69) is 5.32 Å². The van der Waals surface area contributed by atoms with Crippen molar-refractivity contribution in [2.24, 2.45) is 0 Å². The Hall–Kier alpha value is -2.68. The van der Waals surface area contributed by atoms with E-state index in [1.165, 1.54) is 18.2 Å². The Kier molecular flexibility index (Phi) is 5.13. The first-order chi connectivity index (χ1) is 12.0. The number of anilines is 1. The zero-order valence-electron chi connectivity index (χ0n) is 13.7. The SMILES string of the molecule is O=C(Nc1cccc([N+](=O)[O-])c1)N1CCN(C(=O)[C@@H]2CCCO2)CC1. The van der Waals surface area contributed by atoms with Gasteiger partial charge in [-0.25, -0.2) is 4.79 Å². The van der Waals surface area contributed by atoms with Crippen LogP contribution in [0.4, 0.5) is 16.2 Å². The topological polar surface area (TPSA) is 105 Å². The van der Waals surface area contributed by atoms with Gasteiger partial charge in [0.2, 0.25) is 0 Å². The molecule has 0 radical (unpaired) electrons. The third-order valence-electron chi connectivity index (χ3n) is 4.39. The zero-order chi connectivity index (χ0) is 17.8. The summed E-state index contributed by atoms with van der Waals surface area (Å²) in [7, 11) is 0. The monoisotopic (exact) mass is 348 g/mol. The molecule has 1 atom stereocenters. The summed E-state index contributed by atoms with van der Waals surface area (Å²) in [4.78, 5) is 38.2. The number of urea groups is 1. The molecule has 0 bridgehead atoms. The zero-order valence-corrected chi connectivity index (χ0v) is 13.7. The summed E-state index contributed by atoms with van der Waals surface area (Å²) in [6.45, 7) is 2.38. The molecule has 2 saturated heterocycles. The number of benzene rings is 1. The highest BCUT2D eigenvalue weighted by atomic mass is 16.6. The number of piperazine rings is 1. The number of hydrogen-bond acceptors (Lipinski definition) is 5. The Morgan fingerprint density at radius 2 is 1.92 bits per heavy atom. The highest BCUT2D eigenvalue weighted by Gasteiger charge is 2.31. The van der Waals surface area contributed by atoms with Crippen LogP contribution >= 0.6 is 0 Å². The van der Waals surface area contributed by atoms with Gasteiger partial charge in [-0.2, -0.15) is 0 Å². The van der Waals surface area contributed by atoms with Gasteiger partial charge in [0, 0.05) is 50.6 Å². The predicted molar refractivity (Wildman–Crippen MR) is 89.2 cm³/mol. The van der Waals surface area contributed by atoms with Crippen LogP contribution in [0.2, 0.25) is 0 Å². The molecule has 2 aliphatic rings. The first kappa shape index (κ1) is 17.2. The minimum atomic E-state index is -0.509. The van der Waals surface area contributed by atoms with Crippen LogP contribution < -0.4 is 5.32 Å². The normalized spacial score (nSPS) is 20.4. The molecule has 1 aromatic carbocycles. The first-order valence-electron chi connectivity index (χ1n) is 8.25.